The van der Waals surface area contributed by atoms with Crippen LogP contribution in [0, 0.1) is 0 Å². The lowest BCUT2D eigenvalue weighted by Crippen LogP contribution is -2.28. The van der Waals surface area contributed by atoms with Gasteiger partial charge in [-0.1, -0.05) is 0 Å². The first-order valence-electron chi connectivity index (χ1n) is 6.40. The molecule has 92 valence electrons. The summed E-state index contributed by atoms with van der Waals surface area (Å²) in [7, 11) is 0. The molecule has 2 heterocycles. The second-order valence-corrected chi connectivity index (χ2v) is 5.07. The van der Waals surface area contributed by atoms with E-state index >= 15 is 0 Å². The molecule has 0 amide bonds. The number of nitrogens with two attached hydrogens (primary N) is 1. The molecule has 17 heavy (non-hydrogen) atoms. The van der Waals surface area contributed by atoms with Crippen molar-refractivity contribution in [3.05, 3.63) is 11.9 Å². The van der Waals surface area contributed by atoms with Crippen molar-refractivity contribution in [1.29, 1.82) is 0 Å². The first-order valence-corrected chi connectivity index (χ1v) is 6.40. The minimum absolute atomic E-state index is 0.556. The third kappa shape index (κ3) is 2.07. The number of aromatic nitrogens is 2. The monoisotopic (exact) mass is 233 g/mol. The molecule has 1 atom stereocenters. The molecular formula is C12H19N5. The summed E-state index contributed by atoms with van der Waals surface area (Å²) in [6.07, 6.45) is 4.91. The minimum Gasteiger partial charge on any atom is -0.354 e. The van der Waals surface area contributed by atoms with Crippen molar-refractivity contribution in [3.8, 4) is 0 Å². The highest BCUT2D eigenvalue weighted by Crippen LogP contribution is 2.39. The van der Waals surface area contributed by atoms with Crippen molar-refractivity contribution < 1.29 is 0 Å². The van der Waals surface area contributed by atoms with Gasteiger partial charge in [0.15, 0.2) is 0 Å². The summed E-state index contributed by atoms with van der Waals surface area (Å²) >= 11 is 0. The van der Waals surface area contributed by atoms with Crippen LogP contribution in [0.4, 0.5) is 11.6 Å². The first-order chi connectivity index (χ1) is 8.28. The van der Waals surface area contributed by atoms with Crippen molar-refractivity contribution in [2.24, 2.45) is 5.84 Å². The van der Waals surface area contributed by atoms with E-state index in [2.05, 4.69) is 22.2 Å². The fourth-order valence-corrected chi connectivity index (χ4v) is 2.47. The van der Waals surface area contributed by atoms with E-state index < -0.39 is 0 Å². The zero-order valence-corrected chi connectivity index (χ0v) is 10.2. The molecular weight excluding hydrogens is 214 g/mol. The van der Waals surface area contributed by atoms with Gasteiger partial charge >= 0.3 is 0 Å². The lowest BCUT2D eigenvalue weighted by molar-refractivity contribution is 0.722. The number of anilines is 2. The Kier molecular flexibility index (Phi) is 2.63. The highest BCUT2D eigenvalue weighted by molar-refractivity contribution is 5.50. The SMILES string of the molecule is CC1CCCN1c1cc(NN)nc(C2CC2)n1. The van der Waals surface area contributed by atoms with Gasteiger partial charge in [-0.3, -0.25) is 0 Å². The molecule has 1 aliphatic heterocycles. The maximum atomic E-state index is 5.48. The molecule has 3 rings (SSSR count). The summed E-state index contributed by atoms with van der Waals surface area (Å²) < 4.78 is 0. The van der Waals surface area contributed by atoms with E-state index in [0.717, 1.165) is 24.0 Å². The fourth-order valence-electron chi connectivity index (χ4n) is 2.47. The molecule has 5 heteroatoms. The summed E-state index contributed by atoms with van der Waals surface area (Å²) in [5.41, 5.74) is 2.65. The number of nitrogen functional groups attached to an aromatic ring is 1. The number of hydrogen-bond donors (Lipinski definition) is 2. The molecule has 5 nitrogen and oxygen atoms in total. The van der Waals surface area contributed by atoms with Crippen LogP contribution in [-0.2, 0) is 0 Å². The van der Waals surface area contributed by atoms with E-state index in [9.17, 15) is 0 Å². The molecule has 1 aliphatic carbocycles. The molecule has 2 aliphatic rings. The smallest absolute Gasteiger partial charge is 0.145 e. The van der Waals surface area contributed by atoms with Gasteiger partial charge in [0, 0.05) is 24.6 Å². The number of hydrogen-bond acceptors (Lipinski definition) is 5. The van der Waals surface area contributed by atoms with Crippen LogP contribution in [-0.4, -0.2) is 22.6 Å². The Labute approximate surface area is 101 Å². The molecule has 2 fully saturated rings. The van der Waals surface area contributed by atoms with Gasteiger partial charge in [-0.05, 0) is 32.6 Å². The molecule has 1 saturated carbocycles. The lowest BCUT2D eigenvalue weighted by atomic mass is 10.2. The normalized spacial score (nSPS) is 24.1. The Morgan fingerprint density at radius 3 is 2.76 bits per heavy atom. The zero-order valence-electron chi connectivity index (χ0n) is 10.2. The van der Waals surface area contributed by atoms with Gasteiger partial charge in [-0.15, -0.1) is 0 Å². The molecule has 0 aromatic carbocycles. The van der Waals surface area contributed by atoms with E-state index in [1.807, 2.05) is 6.07 Å². The number of hydrazine groups is 1. The van der Waals surface area contributed by atoms with Crippen molar-refractivity contribution in [2.45, 2.75) is 44.6 Å². The van der Waals surface area contributed by atoms with Crippen LogP contribution in [0.25, 0.3) is 0 Å². The molecule has 1 aromatic rings. The van der Waals surface area contributed by atoms with Crippen molar-refractivity contribution in [3.63, 3.8) is 0 Å². The molecule has 0 radical (unpaired) electrons. The van der Waals surface area contributed by atoms with Crippen LogP contribution >= 0.6 is 0 Å². The summed E-state index contributed by atoms with van der Waals surface area (Å²) in [4.78, 5) is 11.5. The average molecular weight is 233 g/mol. The minimum atomic E-state index is 0.556. The van der Waals surface area contributed by atoms with Crippen LogP contribution in [0.2, 0.25) is 0 Å². The third-order valence-corrected chi connectivity index (χ3v) is 3.67. The Morgan fingerprint density at radius 1 is 1.35 bits per heavy atom. The van der Waals surface area contributed by atoms with Crippen molar-refractivity contribution in [2.75, 3.05) is 16.9 Å². The van der Waals surface area contributed by atoms with Crippen LogP contribution < -0.4 is 16.2 Å². The van der Waals surface area contributed by atoms with Gasteiger partial charge in [0.25, 0.3) is 0 Å². The topological polar surface area (TPSA) is 67.1 Å². The van der Waals surface area contributed by atoms with Crippen LogP contribution in [0.1, 0.15) is 44.3 Å². The van der Waals surface area contributed by atoms with E-state index in [1.165, 1.54) is 25.7 Å². The summed E-state index contributed by atoms with van der Waals surface area (Å²) in [6.45, 7) is 3.34. The summed E-state index contributed by atoms with van der Waals surface area (Å²) in [6, 6.07) is 2.52. The van der Waals surface area contributed by atoms with E-state index in [4.69, 9.17) is 10.8 Å². The summed E-state index contributed by atoms with van der Waals surface area (Å²) in [5.74, 6) is 8.75. The number of nitrogens with one attached hydrogen (secondary N) is 1. The molecule has 1 saturated heterocycles. The Balaban J connectivity index is 1.94. The largest absolute Gasteiger partial charge is 0.354 e. The van der Waals surface area contributed by atoms with Gasteiger partial charge in [0.1, 0.15) is 17.5 Å². The van der Waals surface area contributed by atoms with Crippen LogP contribution in [0.5, 0.6) is 0 Å². The Hall–Kier alpha value is -1.36. The standard InChI is InChI=1S/C12H19N5/c1-8-3-2-6-17(8)11-7-10(16-13)14-12(15-11)9-4-5-9/h7-9H,2-6,13H2,1H3,(H,14,15,16). The average Bonchev–Trinajstić information content (AvgIpc) is 3.11. The van der Waals surface area contributed by atoms with Gasteiger partial charge in [0.2, 0.25) is 0 Å². The summed E-state index contributed by atoms with van der Waals surface area (Å²) in [5, 5.41) is 0. The highest BCUT2D eigenvalue weighted by atomic mass is 15.3. The number of rotatable bonds is 3. The Bertz CT molecular complexity index is 415. The molecule has 0 spiro atoms. The maximum Gasteiger partial charge on any atom is 0.145 e. The Morgan fingerprint density at radius 2 is 2.18 bits per heavy atom. The lowest BCUT2D eigenvalue weighted by Gasteiger charge is -2.23. The third-order valence-electron chi connectivity index (χ3n) is 3.67. The van der Waals surface area contributed by atoms with E-state index in [-0.39, 0.29) is 0 Å². The van der Waals surface area contributed by atoms with Crippen LogP contribution in [0.15, 0.2) is 6.07 Å². The van der Waals surface area contributed by atoms with E-state index in [1.54, 1.807) is 0 Å². The predicted molar refractivity (Wildman–Crippen MR) is 67.9 cm³/mol. The van der Waals surface area contributed by atoms with Gasteiger partial charge in [-0.25, -0.2) is 15.8 Å². The maximum absolute atomic E-state index is 5.48. The fraction of sp³-hybridized carbons (Fsp3) is 0.667. The van der Waals surface area contributed by atoms with Crippen molar-refractivity contribution >= 4 is 11.6 Å². The second-order valence-electron chi connectivity index (χ2n) is 5.07. The first kappa shape index (κ1) is 10.8. The predicted octanol–water partition coefficient (Wildman–Crippen LogP) is 1.63. The van der Waals surface area contributed by atoms with Gasteiger partial charge < -0.3 is 10.3 Å². The number of nitrogens with zero attached hydrogens (tertiary/aromatic N) is 3. The van der Waals surface area contributed by atoms with E-state index in [0.29, 0.717) is 12.0 Å². The molecule has 1 aromatic heterocycles. The quantitative estimate of drug-likeness (QED) is 0.613. The van der Waals surface area contributed by atoms with Gasteiger partial charge in [0.05, 0.1) is 0 Å². The zero-order chi connectivity index (χ0) is 11.8. The van der Waals surface area contributed by atoms with Crippen LogP contribution in [0.3, 0.4) is 0 Å². The molecule has 3 N–H and O–H groups in total. The molecule has 0 bridgehead atoms. The molecule has 1 unspecified atom stereocenters. The highest BCUT2D eigenvalue weighted by Gasteiger charge is 2.29. The second kappa shape index (κ2) is 4.14. The van der Waals surface area contributed by atoms with Gasteiger partial charge in [-0.2, -0.15) is 0 Å². The van der Waals surface area contributed by atoms with Crippen molar-refractivity contribution in [1.82, 2.24) is 9.97 Å².